The van der Waals surface area contributed by atoms with Crippen molar-refractivity contribution in [2.75, 3.05) is 24.6 Å². The Balaban J connectivity index is 1.59. The number of carbonyl (C=O) groups excluding carboxylic acids is 2. The van der Waals surface area contributed by atoms with E-state index in [1.54, 1.807) is 4.90 Å². The first-order valence-electron chi connectivity index (χ1n) is 7.86. The van der Waals surface area contributed by atoms with Gasteiger partial charge in [0.15, 0.2) is 0 Å². The molecule has 0 radical (unpaired) electrons. The first kappa shape index (κ1) is 15.4. The fourth-order valence-corrected chi connectivity index (χ4v) is 4.08. The molecular weight excluding hydrogens is 298 g/mol. The molecule has 1 aromatic rings. The highest BCUT2D eigenvalue weighted by atomic mass is 32.2. The van der Waals surface area contributed by atoms with Crippen LogP contribution >= 0.6 is 11.8 Å². The van der Waals surface area contributed by atoms with Gasteiger partial charge in [-0.05, 0) is 37.1 Å². The van der Waals surface area contributed by atoms with Gasteiger partial charge in [0.05, 0.1) is 5.92 Å². The summed E-state index contributed by atoms with van der Waals surface area (Å²) in [5.74, 6) is 1.69. The molecule has 22 heavy (non-hydrogen) atoms. The second kappa shape index (κ2) is 7.18. The van der Waals surface area contributed by atoms with Gasteiger partial charge in [-0.25, -0.2) is 0 Å². The summed E-state index contributed by atoms with van der Waals surface area (Å²) in [5.41, 5.74) is 0.684. The Morgan fingerprint density at radius 1 is 1.18 bits per heavy atom. The zero-order valence-corrected chi connectivity index (χ0v) is 13.4. The Morgan fingerprint density at radius 3 is 2.73 bits per heavy atom. The highest BCUT2D eigenvalue weighted by Crippen LogP contribution is 2.24. The molecule has 2 saturated heterocycles. The number of hydrogen-bond donors (Lipinski definition) is 0. The zero-order chi connectivity index (χ0) is 15.4. The van der Waals surface area contributed by atoms with E-state index in [2.05, 4.69) is 0 Å². The van der Waals surface area contributed by atoms with Crippen LogP contribution in [0.25, 0.3) is 0 Å². The van der Waals surface area contributed by atoms with Crippen molar-refractivity contribution >= 4 is 23.6 Å². The molecule has 2 atom stereocenters. The topological polar surface area (TPSA) is 46.6 Å². The van der Waals surface area contributed by atoms with Gasteiger partial charge in [-0.2, -0.15) is 11.8 Å². The number of rotatable bonds is 3. The van der Waals surface area contributed by atoms with Crippen LogP contribution in [0.15, 0.2) is 30.3 Å². The second-order valence-electron chi connectivity index (χ2n) is 5.88. The van der Waals surface area contributed by atoms with Gasteiger partial charge in [-0.1, -0.05) is 18.2 Å². The molecular formula is C17H21NO3S. The van der Waals surface area contributed by atoms with E-state index in [9.17, 15) is 9.59 Å². The van der Waals surface area contributed by atoms with Gasteiger partial charge in [0, 0.05) is 24.4 Å². The number of likely N-dealkylation sites (tertiary alicyclic amines) is 1. The molecule has 1 amide bonds. The molecule has 0 saturated carbocycles. The molecule has 1 aromatic carbocycles. The molecule has 4 nitrogen and oxygen atoms in total. The van der Waals surface area contributed by atoms with Crippen molar-refractivity contribution in [2.45, 2.75) is 25.4 Å². The largest absolute Gasteiger partial charge is 0.461 e. The van der Waals surface area contributed by atoms with E-state index in [0.29, 0.717) is 12.1 Å². The van der Waals surface area contributed by atoms with Crippen molar-refractivity contribution in [3.05, 3.63) is 35.9 Å². The maximum Gasteiger partial charge on any atom is 0.311 e. The van der Waals surface area contributed by atoms with Gasteiger partial charge >= 0.3 is 5.97 Å². The Bertz CT molecular complexity index is 528. The molecule has 0 unspecified atom stereocenters. The number of benzene rings is 1. The van der Waals surface area contributed by atoms with Gasteiger partial charge in [0.2, 0.25) is 0 Å². The minimum absolute atomic E-state index is 0.00882. The number of hydrogen-bond acceptors (Lipinski definition) is 4. The van der Waals surface area contributed by atoms with E-state index in [4.69, 9.17) is 4.74 Å². The highest BCUT2D eigenvalue weighted by Gasteiger charge is 2.31. The smallest absolute Gasteiger partial charge is 0.311 e. The first-order valence-corrected chi connectivity index (χ1v) is 9.02. The van der Waals surface area contributed by atoms with Crippen LogP contribution in [0.2, 0.25) is 0 Å². The highest BCUT2D eigenvalue weighted by molar-refractivity contribution is 7.99. The molecule has 0 aliphatic carbocycles. The molecule has 5 heteroatoms. The predicted molar refractivity (Wildman–Crippen MR) is 86.9 cm³/mol. The van der Waals surface area contributed by atoms with Crippen LogP contribution in [0.4, 0.5) is 0 Å². The summed E-state index contributed by atoms with van der Waals surface area (Å²) in [6, 6.07) is 9.26. The molecule has 118 valence electrons. The lowest BCUT2D eigenvalue weighted by Gasteiger charge is -2.32. The molecule has 2 heterocycles. The Labute approximate surface area is 135 Å². The summed E-state index contributed by atoms with van der Waals surface area (Å²) in [7, 11) is 0. The number of ether oxygens (including phenoxy) is 1. The molecule has 3 rings (SSSR count). The quantitative estimate of drug-likeness (QED) is 0.804. The third kappa shape index (κ3) is 3.64. The fraction of sp³-hybridized carbons (Fsp3) is 0.529. The van der Waals surface area contributed by atoms with Crippen LogP contribution in [-0.2, 0) is 9.53 Å². The van der Waals surface area contributed by atoms with E-state index < -0.39 is 0 Å². The van der Waals surface area contributed by atoms with Crippen molar-refractivity contribution in [1.29, 1.82) is 0 Å². The van der Waals surface area contributed by atoms with Gasteiger partial charge in [-0.15, -0.1) is 0 Å². The Hall–Kier alpha value is -1.49. The SMILES string of the molecule is O=C(O[C@H]1CCSC1)[C@@H]1CCCN(C(=O)c2ccccc2)C1. The standard InChI is InChI=1S/C17H21NO3S/c19-16(13-5-2-1-3-6-13)18-9-4-7-14(11-18)17(20)21-15-8-10-22-12-15/h1-3,5-6,14-15H,4,7-12H2/t14-,15+/m1/s1. The van der Waals surface area contributed by atoms with Crippen molar-refractivity contribution in [2.24, 2.45) is 5.92 Å². The van der Waals surface area contributed by atoms with Crippen molar-refractivity contribution in [3.8, 4) is 0 Å². The predicted octanol–water partition coefficient (Wildman–Crippen LogP) is 2.59. The number of thioether (sulfide) groups is 1. The summed E-state index contributed by atoms with van der Waals surface area (Å²) in [4.78, 5) is 26.6. The lowest BCUT2D eigenvalue weighted by molar-refractivity contribution is -0.154. The summed E-state index contributed by atoms with van der Waals surface area (Å²) in [6.45, 7) is 1.20. The number of piperidine rings is 1. The number of nitrogens with zero attached hydrogens (tertiary/aromatic N) is 1. The summed E-state index contributed by atoms with van der Waals surface area (Å²) >= 11 is 1.83. The monoisotopic (exact) mass is 319 g/mol. The third-order valence-electron chi connectivity index (χ3n) is 4.23. The summed E-state index contributed by atoms with van der Waals surface area (Å²) in [6.07, 6.45) is 2.70. The van der Waals surface area contributed by atoms with Crippen LogP contribution in [0.1, 0.15) is 29.6 Å². The van der Waals surface area contributed by atoms with Crippen LogP contribution in [0.5, 0.6) is 0 Å². The normalized spacial score (nSPS) is 25.0. The molecule has 0 bridgehead atoms. The summed E-state index contributed by atoms with van der Waals surface area (Å²) < 4.78 is 5.59. The minimum atomic E-state index is -0.174. The Kier molecular flexibility index (Phi) is 5.03. The lowest BCUT2D eigenvalue weighted by Crippen LogP contribution is -2.43. The number of amides is 1. The van der Waals surface area contributed by atoms with E-state index in [-0.39, 0.29) is 23.9 Å². The fourth-order valence-electron chi connectivity index (χ4n) is 2.98. The molecule has 0 aromatic heterocycles. The van der Waals surface area contributed by atoms with Crippen molar-refractivity contribution in [3.63, 3.8) is 0 Å². The van der Waals surface area contributed by atoms with Gasteiger partial charge in [0.25, 0.3) is 5.91 Å². The second-order valence-corrected chi connectivity index (χ2v) is 7.03. The molecule has 2 aliphatic heterocycles. The van der Waals surface area contributed by atoms with E-state index in [1.807, 2.05) is 42.1 Å². The van der Waals surface area contributed by atoms with Gasteiger partial charge in [0.1, 0.15) is 6.10 Å². The molecule has 2 aliphatic rings. The van der Waals surface area contributed by atoms with E-state index >= 15 is 0 Å². The van der Waals surface area contributed by atoms with Crippen LogP contribution in [-0.4, -0.2) is 47.5 Å². The maximum atomic E-state index is 12.5. The average Bonchev–Trinajstić information content (AvgIpc) is 3.08. The molecule has 0 spiro atoms. The lowest BCUT2D eigenvalue weighted by atomic mass is 9.97. The summed E-state index contributed by atoms with van der Waals surface area (Å²) in [5, 5.41) is 0. The maximum absolute atomic E-state index is 12.5. The van der Waals surface area contributed by atoms with Crippen LogP contribution in [0.3, 0.4) is 0 Å². The van der Waals surface area contributed by atoms with Crippen molar-refractivity contribution in [1.82, 2.24) is 4.90 Å². The van der Waals surface area contributed by atoms with Gasteiger partial charge in [-0.3, -0.25) is 9.59 Å². The van der Waals surface area contributed by atoms with E-state index in [1.165, 1.54) is 0 Å². The molecule has 0 N–H and O–H groups in total. The van der Waals surface area contributed by atoms with E-state index in [0.717, 1.165) is 37.3 Å². The Morgan fingerprint density at radius 2 is 2.00 bits per heavy atom. The third-order valence-corrected chi connectivity index (χ3v) is 5.37. The van der Waals surface area contributed by atoms with Crippen LogP contribution < -0.4 is 0 Å². The average molecular weight is 319 g/mol. The molecule has 2 fully saturated rings. The number of carbonyl (C=O) groups is 2. The zero-order valence-electron chi connectivity index (χ0n) is 12.6. The van der Waals surface area contributed by atoms with Crippen molar-refractivity contribution < 1.29 is 14.3 Å². The van der Waals surface area contributed by atoms with Crippen LogP contribution in [0, 0.1) is 5.92 Å². The van der Waals surface area contributed by atoms with Gasteiger partial charge < -0.3 is 9.64 Å². The minimum Gasteiger partial charge on any atom is -0.461 e. The first-order chi connectivity index (χ1) is 10.7. The number of esters is 1.